The van der Waals surface area contributed by atoms with Gasteiger partial charge in [0.15, 0.2) is 0 Å². The molecule has 41 heavy (non-hydrogen) atoms. The van der Waals surface area contributed by atoms with Gasteiger partial charge in [0, 0.05) is 13.8 Å². The second-order valence-corrected chi connectivity index (χ2v) is 11.4. The maximum atomic E-state index is 12.6. The van der Waals surface area contributed by atoms with Gasteiger partial charge in [-0.05, 0) is 61.7 Å². The fourth-order valence-corrected chi connectivity index (χ4v) is 6.51. The van der Waals surface area contributed by atoms with Gasteiger partial charge < -0.3 is 15.3 Å². The molecule has 0 heterocycles. The lowest BCUT2D eigenvalue weighted by molar-refractivity contribution is -0.375. The Morgan fingerprint density at radius 3 is 1.61 bits per heavy atom. The van der Waals surface area contributed by atoms with Gasteiger partial charge >= 0.3 is 24.7 Å². The molecule has 4 bridgehead atoms. The molecule has 0 aliphatic heterocycles. The van der Waals surface area contributed by atoms with Crippen molar-refractivity contribution in [1.29, 1.82) is 0 Å². The zero-order valence-corrected chi connectivity index (χ0v) is 20.6. The van der Waals surface area contributed by atoms with Gasteiger partial charge in [-0.25, -0.2) is 0 Å². The average molecular weight is 627 g/mol. The molecule has 3 fully saturated rings. The molecule has 0 amide bonds. The molecule has 4 aliphatic rings. The number of rotatable bonds is 6. The fraction of sp³-hybridized carbons (Fsp3) is 0.880. The van der Waals surface area contributed by atoms with E-state index < -0.39 is 72.5 Å². The SMILES string of the molecule is C.O=C(CC(O)(C(F)(F)F)C(F)(F)F)C1CC2C=CC1C2.OC(CC(O)(C(F)(F)F)C(F)(F)F)C1CC2CCC1C2.[HH]. The summed E-state index contributed by atoms with van der Waals surface area (Å²) in [6.07, 6.45) is -22.0. The Kier molecular flexibility index (Phi) is 10.0. The topological polar surface area (TPSA) is 77.8 Å². The summed E-state index contributed by atoms with van der Waals surface area (Å²) in [4.78, 5) is 11.8. The molecule has 7 atom stereocenters. The standard InChI is InChI=1S/C12H16F6O2.C12H12F6O2.CH4.H2/c2*13-11(14,15)10(20,12(16,17)18)5-9(19)8-4-6-1-2-7(8)3-6;;/h6-9,19-20H,1-5H2;1-2,6-8,20H,3-5H2;1H4;1H. The number of carbonyl (C=O) groups is 1. The first-order valence-corrected chi connectivity index (χ1v) is 12.5. The number of Topliss-reactive ketones (excluding diaryl/α,β-unsaturated/α-hetero) is 1. The third-order valence-electron chi connectivity index (χ3n) is 8.79. The maximum Gasteiger partial charge on any atom is 0.426 e. The van der Waals surface area contributed by atoms with E-state index in [1.807, 2.05) is 6.08 Å². The smallest absolute Gasteiger partial charge is 0.393 e. The van der Waals surface area contributed by atoms with Gasteiger partial charge in [-0.3, -0.25) is 4.79 Å². The number of allylic oxidation sites excluding steroid dienone is 2. The lowest BCUT2D eigenvalue weighted by atomic mass is 9.80. The van der Waals surface area contributed by atoms with Crippen molar-refractivity contribution in [1.82, 2.24) is 0 Å². The molecule has 3 N–H and O–H groups in total. The largest absolute Gasteiger partial charge is 0.426 e. The molecule has 0 aromatic carbocycles. The van der Waals surface area contributed by atoms with Crippen LogP contribution < -0.4 is 0 Å². The second-order valence-electron chi connectivity index (χ2n) is 11.4. The predicted octanol–water partition coefficient (Wildman–Crippen LogP) is 6.92. The van der Waals surface area contributed by atoms with Crippen molar-refractivity contribution in [2.45, 2.75) is 101 Å². The van der Waals surface area contributed by atoms with E-state index in [1.165, 1.54) is 0 Å². The number of hydrogen-bond acceptors (Lipinski definition) is 4. The molecule has 4 rings (SSSR count). The first-order chi connectivity index (χ1) is 17.9. The lowest BCUT2D eigenvalue weighted by Gasteiger charge is -2.36. The highest BCUT2D eigenvalue weighted by Crippen LogP contribution is 2.53. The van der Waals surface area contributed by atoms with Crippen molar-refractivity contribution in [3.8, 4) is 0 Å². The fourth-order valence-electron chi connectivity index (χ4n) is 6.51. The van der Waals surface area contributed by atoms with E-state index in [9.17, 15) is 62.6 Å². The van der Waals surface area contributed by atoms with Gasteiger partial charge in [-0.2, -0.15) is 52.7 Å². The van der Waals surface area contributed by atoms with Crippen molar-refractivity contribution in [3.05, 3.63) is 12.2 Å². The Hall–Kier alpha value is -1.55. The summed E-state index contributed by atoms with van der Waals surface area (Å²) in [6, 6.07) is 0. The molecule has 0 radical (unpaired) electrons. The van der Waals surface area contributed by atoms with Crippen molar-refractivity contribution in [3.63, 3.8) is 0 Å². The molecule has 4 nitrogen and oxygen atoms in total. The van der Waals surface area contributed by atoms with Gasteiger partial charge in [-0.15, -0.1) is 0 Å². The summed E-state index contributed by atoms with van der Waals surface area (Å²) in [6.45, 7) is 0. The number of hydrogen-bond donors (Lipinski definition) is 3. The van der Waals surface area contributed by atoms with Crippen LogP contribution in [-0.2, 0) is 4.79 Å². The van der Waals surface area contributed by atoms with Gasteiger partial charge in [0.2, 0.25) is 0 Å². The zero-order valence-electron chi connectivity index (χ0n) is 20.6. The molecule has 0 saturated heterocycles. The highest BCUT2D eigenvalue weighted by molar-refractivity contribution is 5.83. The van der Waals surface area contributed by atoms with Crippen molar-refractivity contribution in [2.24, 2.45) is 35.5 Å². The number of aliphatic hydroxyl groups excluding tert-OH is 1. The van der Waals surface area contributed by atoms with E-state index in [2.05, 4.69) is 0 Å². The van der Waals surface area contributed by atoms with Gasteiger partial charge in [0.1, 0.15) is 5.78 Å². The summed E-state index contributed by atoms with van der Waals surface area (Å²) in [5, 5.41) is 27.8. The van der Waals surface area contributed by atoms with Crippen LogP contribution in [0.3, 0.4) is 0 Å². The van der Waals surface area contributed by atoms with Gasteiger partial charge in [0.25, 0.3) is 11.2 Å². The Labute approximate surface area is 229 Å². The molecule has 0 aromatic heterocycles. The van der Waals surface area contributed by atoms with E-state index in [0.717, 1.165) is 19.3 Å². The molecular weight excluding hydrogens is 592 g/mol. The molecule has 3 saturated carbocycles. The number of aliphatic hydroxyl groups is 3. The first-order valence-electron chi connectivity index (χ1n) is 12.5. The summed E-state index contributed by atoms with van der Waals surface area (Å²) in [5.41, 5.74) is -9.82. The third-order valence-corrected chi connectivity index (χ3v) is 8.79. The van der Waals surface area contributed by atoms with E-state index >= 15 is 0 Å². The molecular formula is C25H34F12O4. The van der Waals surface area contributed by atoms with Crippen LogP contribution in [0.1, 0.15) is 60.2 Å². The van der Waals surface area contributed by atoms with Crippen LogP contribution >= 0.6 is 0 Å². The van der Waals surface area contributed by atoms with Crippen LogP contribution in [-0.4, -0.2) is 63.1 Å². The van der Waals surface area contributed by atoms with Gasteiger partial charge in [0.05, 0.1) is 12.5 Å². The molecule has 0 aromatic rings. The third kappa shape index (κ3) is 6.84. The molecule has 7 unspecified atom stereocenters. The van der Waals surface area contributed by atoms with E-state index in [4.69, 9.17) is 10.2 Å². The van der Waals surface area contributed by atoms with Crippen molar-refractivity contribution in [2.75, 3.05) is 0 Å². The Morgan fingerprint density at radius 2 is 1.27 bits per heavy atom. The van der Waals surface area contributed by atoms with E-state index in [0.29, 0.717) is 12.8 Å². The van der Waals surface area contributed by atoms with Crippen LogP contribution in [0.15, 0.2) is 12.2 Å². The van der Waals surface area contributed by atoms with Gasteiger partial charge in [-0.1, -0.05) is 26.0 Å². The summed E-state index contributed by atoms with van der Waals surface area (Å²) >= 11 is 0. The summed E-state index contributed by atoms with van der Waals surface area (Å²) in [7, 11) is 0. The predicted molar refractivity (Wildman–Crippen MR) is 121 cm³/mol. The minimum atomic E-state index is -5.94. The van der Waals surface area contributed by atoms with Crippen LogP contribution in [0, 0.1) is 35.5 Å². The normalized spacial score (nSPS) is 30.6. The summed E-state index contributed by atoms with van der Waals surface area (Å²) < 4.78 is 150. The highest BCUT2D eigenvalue weighted by atomic mass is 19.4. The van der Waals surface area contributed by atoms with Crippen molar-refractivity contribution >= 4 is 5.78 Å². The average Bonchev–Trinajstić information content (AvgIpc) is 3.57. The van der Waals surface area contributed by atoms with E-state index in [-0.39, 0.29) is 38.9 Å². The van der Waals surface area contributed by atoms with Crippen LogP contribution in [0.4, 0.5) is 52.7 Å². The monoisotopic (exact) mass is 626 g/mol. The first kappa shape index (κ1) is 35.6. The van der Waals surface area contributed by atoms with Crippen molar-refractivity contribution < 1.29 is 74.2 Å². The Balaban J connectivity index is 0.000000401. The highest BCUT2D eigenvalue weighted by Gasteiger charge is 2.72. The quantitative estimate of drug-likeness (QED) is 0.221. The summed E-state index contributed by atoms with van der Waals surface area (Å²) in [5.74, 6) is -2.63. The molecule has 16 heteroatoms. The Bertz CT molecular complexity index is 931. The minimum Gasteiger partial charge on any atom is -0.393 e. The number of ketones is 1. The lowest BCUT2D eigenvalue weighted by Crippen LogP contribution is -2.59. The minimum absolute atomic E-state index is 0. The number of fused-ring (bicyclic) bond motifs is 4. The maximum absolute atomic E-state index is 12.6. The Morgan fingerprint density at radius 1 is 0.756 bits per heavy atom. The zero-order chi connectivity index (χ0) is 30.7. The second kappa shape index (κ2) is 11.5. The van der Waals surface area contributed by atoms with Crippen LogP contribution in [0.2, 0.25) is 0 Å². The van der Waals surface area contributed by atoms with Crippen LogP contribution in [0.25, 0.3) is 0 Å². The molecule has 242 valence electrons. The number of halogens is 12. The number of alkyl halides is 12. The number of carbonyl (C=O) groups excluding carboxylic acids is 1. The van der Waals surface area contributed by atoms with E-state index in [1.54, 1.807) is 6.08 Å². The molecule has 0 spiro atoms. The molecule has 4 aliphatic carbocycles. The van der Waals surface area contributed by atoms with Crippen LogP contribution in [0.5, 0.6) is 0 Å².